The molecule has 12 heteroatoms. The topological polar surface area (TPSA) is 112 Å². The average Bonchev–Trinajstić information content (AvgIpc) is 2.83. The summed E-state index contributed by atoms with van der Waals surface area (Å²) in [6.07, 6.45) is -4.38. The molecule has 1 aromatic carbocycles. The van der Waals surface area contributed by atoms with E-state index in [1.165, 1.54) is 0 Å². The van der Waals surface area contributed by atoms with Crippen molar-refractivity contribution < 1.29 is 42.0 Å². The van der Waals surface area contributed by atoms with Gasteiger partial charge in [-0.2, -0.15) is 13.2 Å². The molecular weight excluding hydrogens is 517 g/mol. The number of amides is 1. The second-order valence-electron chi connectivity index (χ2n) is 9.30. The second-order valence-corrected chi connectivity index (χ2v) is 9.30. The van der Waals surface area contributed by atoms with Crippen LogP contribution in [0.25, 0.3) is 0 Å². The lowest BCUT2D eigenvalue weighted by Crippen LogP contribution is -2.58. The van der Waals surface area contributed by atoms with Crippen molar-refractivity contribution in [3.8, 4) is 11.5 Å². The smallest absolute Gasteiger partial charge is 0.426 e. The highest BCUT2D eigenvalue weighted by Gasteiger charge is 2.57. The molecule has 0 aliphatic heterocycles. The van der Waals surface area contributed by atoms with E-state index in [0.717, 1.165) is 19.1 Å². The Hall–Kier alpha value is -1.79. The van der Waals surface area contributed by atoms with E-state index in [1.54, 1.807) is 14.2 Å². The summed E-state index contributed by atoms with van der Waals surface area (Å²) in [4.78, 5) is 12.1. The van der Waals surface area contributed by atoms with E-state index in [-0.39, 0.29) is 24.2 Å². The summed E-state index contributed by atoms with van der Waals surface area (Å²) in [5.74, 6) is 0.0986. The Kier molecular flexibility index (Phi) is 15.4. The minimum atomic E-state index is -4.91. The summed E-state index contributed by atoms with van der Waals surface area (Å²) >= 11 is 0. The molecule has 1 amide bonds. The van der Waals surface area contributed by atoms with Gasteiger partial charge in [-0.25, -0.2) is 0 Å². The van der Waals surface area contributed by atoms with E-state index < -0.39 is 36.4 Å². The van der Waals surface area contributed by atoms with E-state index >= 15 is 0 Å². The first-order valence-corrected chi connectivity index (χ1v) is 11.9. The Morgan fingerprint density at radius 2 is 1.78 bits per heavy atom. The van der Waals surface area contributed by atoms with Crippen molar-refractivity contribution in [3.63, 3.8) is 0 Å². The molecule has 1 rings (SSSR count). The molecule has 4 unspecified atom stereocenters. The number of benzene rings is 1. The molecule has 0 spiro atoms. The third-order valence-corrected chi connectivity index (χ3v) is 6.34. The number of aliphatic hydroxyl groups excluding tert-OH is 1. The number of halogens is 4. The molecule has 0 saturated heterocycles. The predicted octanol–water partition coefficient (Wildman–Crippen LogP) is 3.51. The number of hydrogen-bond donors (Lipinski definition) is 3. The first-order chi connectivity index (χ1) is 16.8. The lowest BCUT2D eigenvalue weighted by Gasteiger charge is -2.31. The van der Waals surface area contributed by atoms with Gasteiger partial charge in [0.05, 0.1) is 19.8 Å². The standard InChI is InChI=1S/C25H41F3N2O6.ClH/c1-16(2)18(12-17-8-9-21(34-5)22(13-17)36-11-7-10-33-4)14-19(29)20(31)15-30-23(32)24(3,35-6)25(26,27)28;/h8-9,13,16,18-20,31H,7,10-12,14-15,29H2,1-6H3,(H,30,32);1H. The van der Waals surface area contributed by atoms with Gasteiger partial charge < -0.3 is 35.1 Å². The highest BCUT2D eigenvalue weighted by molar-refractivity contribution is 5.86. The van der Waals surface area contributed by atoms with Crippen molar-refractivity contribution >= 4 is 18.3 Å². The second kappa shape index (κ2) is 16.2. The number of hydrogen-bond acceptors (Lipinski definition) is 7. The van der Waals surface area contributed by atoms with Crippen molar-refractivity contribution in [2.75, 3.05) is 41.1 Å². The molecule has 0 aromatic heterocycles. The lowest BCUT2D eigenvalue weighted by molar-refractivity contribution is -0.253. The van der Waals surface area contributed by atoms with Crippen molar-refractivity contribution in [3.05, 3.63) is 23.8 Å². The van der Waals surface area contributed by atoms with Crippen LogP contribution in [0.15, 0.2) is 18.2 Å². The molecular formula is C25H42ClF3N2O6. The third kappa shape index (κ3) is 10.5. The normalized spacial score (nSPS) is 15.8. The van der Waals surface area contributed by atoms with Crippen molar-refractivity contribution in [1.29, 1.82) is 0 Å². The van der Waals surface area contributed by atoms with Gasteiger partial charge in [0, 0.05) is 39.8 Å². The van der Waals surface area contributed by atoms with Crippen molar-refractivity contribution in [2.45, 2.75) is 64.0 Å². The summed E-state index contributed by atoms with van der Waals surface area (Å²) in [7, 11) is 4.00. The first-order valence-electron chi connectivity index (χ1n) is 11.9. The fourth-order valence-corrected chi connectivity index (χ4v) is 3.60. The van der Waals surface area contributed by atoms with Crippen LogP contribution in [0.4, 0.5) is 13.2 Å². The van der Waals surface area contributed by atoms with Gasteiger partial charge in [0.25, 0.3) is 5.91 Å². The maximum Gasteiger partial charge on any atom is 0.426 e. The maximum absolute atomic E-state index is 13.2. The fraction of sp³-hybridized carbons (Fsp3) is 0.720. The summed E-state index contributed by atoms with van der Waals surface area (Å²) < 4.78 is 60.2. The highest BCUT2D eigenvalue weighted by atomic mass is 35.5. The fourth-order valence-electron chi connectivity index (χ4n) is 3.60. The molecule has 37 heavy (non-hydrogen) atoms. The molecule has 8 nitrogen and oxygen atoms in total. The Bertz CT molecular complexity index is 815. The third-order valence-electron chi connectivity index (χ3n) is 6.34. The molecule has 0 saturated carbocycles. The summed E-state index contributed by atoms with van der Waals surface area (Å²) in [5, 5.41) is 12.6. The van der Waals surface area contributed by atoms with Gasteiger partial charge >= 0.3 is 6.18 Å². The number of ether oxygens (including phenoxy) is 4. The lowest BCUT2D eigenvalue weighted by atomic mass is 9.83. The zero-order chi connectivity index (χ0) is 27.5. The van der Waals surface area contributed by atoms with Crippen LogP contribution >= 0.6 is 12.4 Å². The van der Waals surface area contributed by atoms with E-state index in [9.17, 15) is 23.1 Å². The minimum absolute atomic E-state index is 0. The van der Waals surface area contributed by atoms with Gasteiger partial charge in [-0.1, -0.05) is 19.9 Å². The van der Waals surface area contributed by atoms with Gasteiger partial charge in [0.2, 0.25) is 5.60 Å². The average molecular weight is 559 g/mol. The molecule has 0 aliphatic rings. The first kappa shape index (κ1) is 35.2. The number of carbonyl (C=O) groups excluding carboxylic acids is 1. The number of rotatable bonds is 16. The van der Waals surface area contributed by atoms with Gasteiger partial charge in [-0.3, -0.25) is 4.79 Å². The summed E-state index contributed by atoms with van der Waals surface area (Å²) in [6.45, 7) is 5.32. The van der Waals surface area contributed by atoms with E-state index in [0.29, 0.717) is 44.5 Å². The molecule has 0 radical (unpaired) electrons. The number of methoxy groups -OCH3 is 3. The molecule has 0 bridgehead atoms. The van der Waals surface area contributed by atoms with Gasteiger partial charge in [0.15, 0.2) is 11.5 Å². The number of nitrogens with two attached hydrogens (primary N) is 1. The number of alkyl halides is 3. The molecule has 1 aromatic rings. The summed E-state index contributed by atoms with van der Waals surface area (Å²) in [6, 6.07) is 4.91. The van der Waals surface area contributed by atoms with Crippen LogP contribution in [0.1, 0.15) is 39.2 Å². The van der Waals surface area contributed by atoms with Crippen LogP contribution in [-0.2, 0) is 20.7 Å². The number of nitrogens with one attached hydrogen (secondary N) is 1. The SMILES string of the molecule is COCCCOc1cc(CC(CC(N)C(O)CNC(=O)C(C)(OC)C(F)(F)F)C(C)C)ccc1OC.Cl. The minimum Gasteiger partial charge on any atom is -0.493 e. The van der Waals surface area contributed by atoms with Crippen LogP contribution in [-0.4, -0.2) is 76.0 Å². The molecule has 0 aliphatic carbocycles. The molecule has 0 fully saturated rings. The zero-order valence-corrected chi connectivity index (χ0v) is 23.2. The van der Waals surface area contributed by atoms with Crippen molar-refractivity contribution in [1.82, 2.24) is 5.32 Å². The van der Waals surface area contributed by atoms with E-state index in [2.05, 4.69) is 10.1 Å². The largest absolute Gasteiger partial charge is 0.493 e. The van der Waals surface area contributed by atoms with Crippen molar-refractivity contribution in [2.24, 2.45) is 17.6 Å². The number of carbonyl (C=O) groups is 1. The predicted molar refractivity (Wildman–Crippen MR) is 137 cm³/mol. The Morgan fingerprint density at radius 1 is 1.14 bits per heavy atom. The van der Waals surface area contributed by atoms with Crippen LogP contribution in [0.3, 0.4) is 0 Å². The Balaban J connectivity index is 0.0000130. The van der Waals surface area contributed by atoms with Crippen LogP contribution in [0.5, 0.6) is 11.5 Å². The Labute approximate surface area is 223 Å². The van der Waals surface area contributed by atoms with Crippen LogP contribution in [0.2, 0.25) is 0 Å². The number of aliphatic hydroxyl groups is 1. The maximum atomic E-state index is 13.2. The van der Waals surface area contributed by atoms with Crippen LogP contribution < -0.4 is 20.5 Å². The summed E-state index contributed by atoms with van der Waals surface area (Å²) in [5.41, 5.74) is 4.16. The molecule has 4 N–H and O–H groups in total. The molecule has 0 heterocycles. The van der Waals surface area contributed by atoms with E-state index in [1.807, 2.05) is 32.0 Å². The Morgan fingerprint density at radius 3 is 2.30 bits per heavy atom. The van der Waals surface area contributed by atoms with Gasteiger partial charge in [-0.05, 0) is 49.3 Å². The monoisotopic (exact) mass is 558 g/mol. The quantitative estimate of drug-likeness (QED) is 0.266. The molecule has 4 atom stereocenters. The molecule has 216 valence electrons. The van der Waals surface area contributed by atoms with E-state index in [4.69, 9.17) is 19.9 Å². The zero-order valence-electron chi connectivity index (χ0n) is 22.4. The van der Waals surface area contributed by atoms with Crippen LogP contribution in [0, 0.1) is 11.8 Å². The van der Waals surface area contributed by atoms with Gasteiger partial charge in [-0.15, -0.1) is 12.4 Å². The highest BCUT2D eigenvalue weighted by Crippen LogP contribution is 2.33. The van der Waals surface area contributed by atoms with Gasteiger partial charge in [0.1, 0.15) is 0 Å².